The molecule has 0 saturated heterocycles. The Morgan fingerprint density at radius 1 is 1.06 bits per heavy atom. The van der Waals surface area contributed by atoms with Crippen LogP contribution in [0.1, 0.15) is 85.5 Å². The van der Waals surface area contributed by atoms with Crippen molar-refractivity contribution in [1.82, 2.24) is 0 Å². The second kappa shape index (κ2) is 9.56. The third-order valence-electron chi connectivity index (χ3n) is 11.1. The summed E-state index contributed by atoms with van der Waals surface area (Å²) in [5.41, 5.74) is -0.123. The van der Waals surface area contributed by atoms with E-state index >= 15 is 0 Å². The van der Waals surface area contributed by atoms with Gasteiger partial charge in [-0.15, -0.1) is 0 Å². The molecule has 7 nitrogen and oxygen atoms in total. The predicted molar refractivity (Wildman–Crippen MR) is 129 cm³/mol. The van der Waals surface area contributed by atoms with Crippen LogP contribution in [-0.2, 0) is 14.6 Å². The monoisotopic (exact) mass is 502 g/mol. The number of aliphatic hydroxyl groups excluding tert-OH is 3. The van der Waals surface area contributed by atoms with Crippen LogP contribution in [0.4, 0.5) is 0 Å². The Morgan fingerprint density at radius 2 is 1.76 bits per heavy atom. The first-order valence-electron chi connectivity index (χ1n) is 13.5. The largest absolute Gasteiger partial charge is 0.397 e. The molecular weight excluding hydrogens is 456 g/mol. The Labute approximate surface area is 205 Å². The van der Waals surface area contributed by atoms with Crippen molar-refractivity contribution in [2.45, 2.75) is 104 Å². The number of aliphatic hydroxyl groups is 3. The summed E-state index contributed by atoms with van der Waals surface area (Å²) in [5, 5.41) is 33.9. The average molecular weight is 503 g/mol. The molecule has 0 aromatic carbocycles. The summed E-state index contributed by atoms with van der Waals surface area (Å²) in [5.74, 6) is 1.63. The Morgan fingerprint density at radius 3 is 2.41 bits per heavy atom. The highest BCUT2D eigenvalue weighted by atomic mass is 32.3. The van der Waals surface area contributed by atoms with Gasteiger partial charge in [0.05, 0.1) is 24.9 Å². The molecule has 198 valence electrons. The lowest BCUT2D eigenvalue weighted by Gasteiger charge is -2.66. The fourth-order valence-electron chi connectivity index (χ4n) is 9.82. The molecule has 4 rings (SSSR count). The van der Waals surface area contributed by atoms with Crippen molar-refractivity contribution in [3.63, 3.8) is 0 Å². The van der Waals surface area contributed by atoms with Crippen LogP contribution in [0.15, 0.2) is 0 Å². The summed E-state index contributed by atoms with van der Waals surface area (Å²) in [6, 6.07) is 0. The van der Waals surface area contributed by atoms with E-state index < -0.39 is 22.6 Å². The SMILES string of the molecule is CC[C@@H]1C2C[C@H](O)CC[C@]2(C)C2C(O)C[C@@]3(C)C(CC[C@@H]3[C@H](C)CCCOS(=O)(=O)O)C2[C@@H]1O. The molecule has 4 saturated carbocycles. The molecule has 0 aromatic rings. The van der Waals surface area contributed by atoms with Crippen LogP contribution >= 0.6 is 0 Å². The van der Waals surface area contributed by atoms with Crippen molar-refractivity contribution < 1.29 is 32.5 Å². The van der Waals surface area contributed by atoms with E-state index in [0.717, 1.165) is 51.4 Å². The van der Waals surface area contributed by atoms with Gasteiger partial charge in [-0.05, 0) is 104 Å². The fourth-order valence-corrected chi connectivity index (χ4v) is 10.1. The van der Waals surface area contributed by atoms with Crippen LogP contribution in [0, 0.1) is 52.3 Å². The van der Waals surface area contributed by atoms with Gasteiger partial charge in [-0.3, -0.25) is 4.55 Å². The molecule has 0 spiro atoms. The molecular formula is C26H46O7S. The van der Waals surface area contributed by atoms with Gasteiger partial charge >= 0.3 is 10.4 Å². The maximum absolute atomic E-state index is 11.8. The van der Waals surface area contributed by atoms with Crippen LogP contribution in [0.2, 0.25) is 0 Å². The molecule has 5 unspecified atom stereocenters. The zero-order chi connectivity index (χ0) is 25.1. The average Bonchev–Trinajstić information content (AvgIpc) is 3.08. The first-order valence-corrected chi connectivity index (χ1v) is 14.9. The first-order chi connectivity index (χ1) is 15.8. The van der Waals surface area contributed by atoms with Gasteiger partial charge in [0.15, 0.2) is 0 Å². The Balaban J connectivity index is 1.56. The van der Waals surface area contributed by atoms with E-state index in [4.69, 9.17) is 4.55 Å². The zero-order valence-electron chi connectivity index (χ0n) is 21.3. The summed E-state index contributed by atoms with van der Waals surface area (Å²) in [6.45, 7) is 8.98. The normalized spacial score (nSPS) is 49.7. The molecule has 0 aromatic heterocycles. The lowest BCUT2D eigenvalue weighted by Crippen LogP contribution is -2.65. The van der Waals surface area contributed by atoms with Crippen LogP contribution < -0.4 is 0 Å². The van der Waals surface area contributed by atoms with Gasteiger partial charge in [0, 0.05) is 0 Å². The number of hydrogen-bond acceptors (Lipinski definition) is 6. The molecule has 4 aliphatic rings. The Hall–Kier alpha value is -0.250. The predicted octanol–water partition coefficient (Wildman–Crippen LogP) is 3.82. The minimum Gasteiger partial charge on any atom is -0.393 e. The molecule has 0 radical (unpaired) electrons. The number of hydrogen-bond donors (Lipinski definition) is 4. The van der Waals surface area contributed by atoms with Crippen LogP contribution in [-0.4, -0.2) is 53.2 Å². The van der Waals surface area contributed by atoms with E-state index in [-0.39, 0.29) is 47.2 Å². The van der Waals surface area contributed by atoms with E-state index in [9.17, 15) is 23.7 Å². The topological polar surface area (TPSA) is 124 Å². The molecule has 0 heterocycles. The molecule has 4 N–H and O–H groups in total. The highest BCUT2D eigenvalue weighted by Gasteiger charge is 2.67. The third kappa shape index (κ3) is 4.49. The van der Waals surface area contributed by atoms with Crippen molar-refractivity contribution in [1.29, 1.82) is 0 Å². The van der Waals surface area contributed by atoms with Crippen molar-refractivity contribution >= 4 is 10.4 Å². The summed E-state index contributed by atoms with van der Waals surface area (Å²) in [7, 11) is -4.40. The second-order valence-electron chi connectivity index (χ2n) is 12.6. The van der Waals surface area contributed by atoms with Crippen LogP contribution in [0.5, 0.6) is 0 Å². The smallest absolute Gasteiger partial charge is 0.393 e. The molecule has 4 aliphatic carbocycles. The molecule has 0 aliphatic heterocycles. The van der Waals surface area contributed by atoms with Gasteiger partial charge in [-0.1, -0.05) is 34.1 Å². The number of fused-ring (bicyclic) bond motifs is 5. The quantitative estimate of drug-likeness (QED) is 0.308. The van der Waals surface area contributed by atoms with Gasteiger partial charge in [0.25, 0.3) is 0 Å². The van der Waals surface area contributed by atoms with Crippen molar-refractivity contribution in [2.75, 3.05) is 6.61 Å². The molecule has 34 heavy (non-hydrogen) atoms. The zero-order valence-corrected chi connectivity index (χ0v) is 22.1. The van der Waals surface area contributed by atoms with Crippen LogP contribution in [0.3, 0.4) is 0 Å². The summed E-state index contributed by atoms with van der Waals surface area (Å²) >= 11 is 0. The standard InChI is InChI=1S/C26H46O7S/c1-5-17-20-13-16(27)10-11-25(20,3)23-21(28)14-26(4)18(8-9-19(26)22(23)24(17)29)15(2)7-6-12-33-34(30,31)32/h15-24,27-29H,5-14H2,1-4H3,(H,30,31,32)/t15-,16-,17-,18-,19?,20?,21?,22?,23?,24-,25+,26-/m1/s1. The van der Waals surface area contributed by atoms with Crippen molar-refractivity contribution in [2.24, 2.45) is 52.3 Å². The fraction of sp³-hybridized carbons (Fsp3) is 1.00. The highest BCUT2D eigenvalue weighted by molar-refractivity contribution is 7.80. The van der Waals surface area contributed by atoms with Gasteiger partial charge in [0.1, 0.15) is 0 Å². The molecule has 0 bridgehead atoms. The molecule has 12 atom stereocenters. The van der Waals surface area contributed by atoms with Gasteiger partial charge in [-0.2, -0.15) is 8.42 Å². The van der Waals surface area contributed by atoms with Gasteiger partial charge in [0.2, 0.25) is 0 Å². The van der Waals surface area contributed by atoms with E-state index in [0.29, 0.717) is 24.2 Å². The van der Waals surface area contributed by atoms with E-state index in [1.807, 2.05) is 0 Å². The van der Waals surface area contributed by atoms with Crippen LogP contribution in [0.25, 0.3) is 0 Å². The summed E-state index contributed by atoms with van der Waals surface area (Å²) in [6.07, 6.45) is 6.30. The summed E-state index contributed by atoms with van der Waals surface area (Å²) in [4.78, 5) is 0. The minimum atomic E-state index is -4.40. The first kappa shape index (κ1) is 26.8. The van der Waals surface area contributed by atoms with Crippen molar-refractivity contribution in [3.05, 3.63) is 0 Å². The van der Waals surface area contributed by atoms with Gasteiger partial charge < -0.3 is 15.3 Å². The summed E-state index contributed by atoms with van der Waals surface area (Å²) < 4.78 is 35.0. The molecule has 4 fully saturated rings. The maximum Gasteiger partial charge on any atom is 0.397 e. The molecule has 0 amide bonds. The maximum atomic E-state index is 11.8. The third-order valence-corrected chi connectivity index (χ3v) is 11.6. The lowest BCUT2D eigenvalue weighted by atomic mass is 9.40. The number of rotatable bonds is 7. The van der Waals surface area contributed by atoms with Gasteiger partial charge in [-0.25, -0.2) is 4.18 Å². The van der Waals surface area contributed by atoms with E-state index in [2.05, 4.69) is 31.9 Å². The van der Waals surface area contributed by atoms with E-state index in [1.165, 1.54) is 0 Å². The van der Waals surface area contributed by atoms with Crippen molar-refractivity contribution in [3.8, 4) is 0 Å². The van der Waals surface area contributed by atoms with E-state index in [1.54, 1.807) is 0 Å². The molecule has 8 heteroatoms. The Kier molecular flexibility index (Phi) is 7.54. The highest BCUT2D eigenvalue weighted by Crippen LogP contribution is 2.69. The lowest BCUT2D eigenvalue weighted by molar-refractivity contribution is -0.235. The second-order valence-corrected chi connectivity index (χ2v) is 13.7. The minimum absolute atomic E-state index is 0.0220. The Bertz CT molecular complexity index is 833.